The number of benzene rings is 1. The Bertz CT molecular complexity index is 438. The molecule has 5 heteroatoms. The highest BCUT2D eigenvalue weighted by atomic mass is 127. The van der Waals surface area contributed by atoms with Crippen molar-refractivity contribution in [2.45, 2.75) is 44.7 Å². The van der Waals surface area contributed by atoms with E-state index in [9.17, 15) is 0 Å². The summed E-state index contributed by atoms with van der Waals surface area (Å²) in [5.41, 5.74) is 8.15. The van der Waals surface area contributed by atoms with Crippen LogP contribution in [0.3, 0.4) is 0 Å². The van der Waals surface area contributed by atoms with Crippen LogP contribution in [0.25, 0.3) is 0 Å². The summed E-state index contributed by atoms with van der Waals surface area (Å²) in [6, 6.07) is 9.42. The van der Waals surface area contributed by atoms with E-state index in [-0.39, 0.29) is 24.0 Å². The fourth-order valence-corrected chi connectivity index (χ4v) is 2.80. The molecule has 1 aromatic rings. The molecule has 1 fully saturated rings. The number of guanidine groups is 1. The number of nitrogens with one attached hydrogen (secondary N) is 1. The zero-order valence-electron chi connectivity index (χ0n) is 13.0. The second kappa shape index (κ2) is 9.12. The Hall–Kier alpha value is -0.980. The van der Waals surface area contributed by atoms with Crippen molar-refractivity contribution in [3.8, 4) is 0 Å². The summed E-state index contributed by atoms with van der Waals surface area (Å²) >= 11 is 0. The number of hydrogen-bond acceptors (Lipinski definition) is 2. The highest BCUT2D eigenvalue weighted by molar-refractivity contribution is 14.0. The molecule has 0 aliphatic heterocycles. The minimum atomic E-state index is 0. The maximum atomic E-state index is 5.63. The molecule has 3 N–H and O–H groups in total. The van der Waals surface area contributed by atoms with E-state index in [1.54, 1.807) is 7.05 Å². The molecule has 1 aliphatic carbocycles. The van der Waals surface area contributed by atoms with Gasteiger partial charge >= 0.3 is 0 Å². The van der Waals surface area contributed by atoms with Crippen LogP contribution in [0.4, 0.5) is 5.69 Å². The molecule has 0 aromatic heterocycles. The van der Waals surface area contributed by atoms with E-state index in [1.807, 2.05) is 0 Å². The Kier molecular flexibility index (Phi) is 7.85. The molecule has 0 spiro atoms. The summed E-state index contributed by atoms with van der Waals surface area (Å²) in [6.07, 6.45) is 6.78. The zero-order chi connectivity index (χ0) is 14.4. The van der Waals surface area contributed by atoms with Gasteiger partial charge in [0.15, 0.2) is 5.96 Å². The van der Waals surface area contributed by atoms with Crippen LogP contribution in [0.1, 0.15) is 37.7 Å². The van der Waals surface area contributed by atoms with Gasteiger partial charge in [0, 0.05) is 32.4 Å². The van der Waals surface area contributed by atoms with Gasteiger partial charge in [0.25, 0.3) is 0 Å². The molecular weight excluding hydrogens is 375 g/mol. The topological polar surface area (TPSA) is 53.6 Å². The van der Waals surface area contributed by atoms with E-state index < -0.39 is 0 Å². The third-order valence-corrected chi connectivity index (χ3v) is 4.18. The van der Waals surface area contributed by atoms with Crippen LogP contribution in [0.15, 0.2) is 29.3 Å². The first-order valence-electron chi connectivity index (χ1n) is 7.48. The summed E-state index contributed by atoms with van der Waals surface area (Å²) in [4.78, 5) is 6.31. The van der Waals surface area contributed by atoms with E-state index in [2.05, 4.69) is 46.5 Å². The third kappa shape index (κ3) is 5.37. The van der Waals surface area contributed by atoms with Crippen molar-refractivity contribution in [1.82, 2.24) is 5.32 Å². The van der Waals surface area contributed by atoms with Crippen LogP contribution in [0.2, 0.25) is 0 Å². The first-order chi connectivity index (χ1) is 9.70. The average molecular weight is 402 g/mol. The zero-order valence-corrected chi connectivity index (χ0v) is 15.3. The van der Waals surface area contributed by atoms with Crippen molar-refractivity contribution in [1.29, 1.82) is 0 Å². The highest BCUT2D eigenvalue weighted by Crippen LogP contribution is 2.26. The molecule has 4 nitrogen and oxygen atoms in total. The number of aliphatic imine (C=N–C) groups is 1. The van der Waals surface area contributed by atoms with Crippen molar-refractivity contribution >= 4 is 35.6 Å². The highest BCUT2D eigenvalue weighted by Gasteiger charge is 2.18. The van der Waals surface area contributed by atoms with Crippen LogP contribution in [-0.4, -0.2) is 26.1 Å². The minimum absolute atomic E-state index is 0. The molecule has 1 saturated carbocycles. The first-order valence-corrected chi connectivity index (χ1v) is 7.48. The van der Waals surface area contributed by atoms with Crippen molar-refractivity contribution in [3.63, 3.8) is 0 Å². The molecule has 0 atom stereocenters. The SMILES string of the molecule is CN=C(N)NCc1ccc(N(C)C2CCCCC2)cc1.I. The van der Waals surface area contributed by atoms with Crippen molar-refractivity contribution in [3.05, 3.63) is 29.8 Å². The summed E-state index contributed by atoms with van der Waals surface area (Å²) in [6.45, 7) is 0.719. The lowest BCUT2D eigenvalue weighted by molar-refractivity contribution is 0.427. The Morgan fingerprint density at radius 3 is 2.43 bits per heavy atom. The predicted octanol–water partition coefficient (Wildman–Crippen LogP) is 3.11. The Morgan fingerprint density at radius 2 is 1.86 bits per heavy atom. The van der Waals surface area contributed by atoms with E-state index in [0.29, 0.717) is 12.0 Å². The standard InChI is InChI=1S/C16H26N4.HI/c1-18-16(17)19-12-13-8-10-15(11-9-13)20(2)14-6-4-3-5-7-14;/h8-11,14H,3-7,12H2,1-2H3,(H3,17,18,19);1H. The van der Waals surface area contributed by atoms with Crippen LogP contribution in [0, 0.1) is 0 Å². The molecule has 0 unspecified atom stereocenters. The quantitative estimate of drug-likeness (QED) is 0.462. The van der Waals surface area contributed by atoms with Gasteiger partial charge in [-0.2, -0.15) is 0 Å². The molecule has 0 heterocycles. The molecular formula is C16H27IN4. The van der Waals surface area contributed by atoms with Gasteiger partial charge in [0.1, 0.15) is 0 Å². The molecule has 1 aromatic carbocycles. The molecule has 21 heavy (non-hydrogen) atoms. The molecule has 118 valence electrons. The Balaban J connectivity index is 0.00000220. The van der Waals surface area contributed by atoms with Crippen LogP contribution in [-0.2, 0) is 6.54 Å². The monoisotopic (exact) mass is 402 g/mol. The van der Waals surface area contributed by atoms with E-state index in [1.165, 1.54) is 43.4 Å². The second-order valence-corrected chi connectivity index (χ2v) is 5.53. The van der Waals surface area contributed by atoms with Gasteiger partial charge < -0.3 is 16.0 Å². The lowest BCUT2D eigenvalue weighted by atomic mass is 9.94. The fraction of sp³-hybridized carbons (Fsp3) is 0.562. The smallest absolute Gasteiger partial charge is 0.188 e. The maximum Gasteiger partial charge on any atom is 0.188 e. The summed E-state index contributed by atoms with van der Waals surface area (Å²) in [5, 5.41) is 3.07. The number of hydrogen-bond donors (Lipinski definition) is 2. The van der Waals surface area contributed by atoms with Crippen LogP contribution >= 0.6 is 24.0 Å². The van der Waals surface area contributed by atoms with E-state index in [0.717, 1.165) is 6.54 Å². The predicted molar refractivity (Wildman–Crippen MR) is 102 cm³/mol. The van der Waals surface area contributed by atoms with Gasteiger partial charge in [0.2, 0.25) is 0 Å². The average Bonchev–Trinajstić information content (AvgIpc) is 2.53. The normalized spacial score (nSPS) is 16.2. The fourth-order valence-electron chi connectivity index (χ4n) is 2.80. The van der Waals surface area contributed by atoms with Gasteiger partial charge in [-0.05, 0) is 30.5 Å². The Morgan fingerprint density at radius 1 is 1.24 bits per heavy atom. The first kappa shape index (κ1) is 18.1. The maximum absolute atomic E-state index is 5.63. The van der Waals surface area contributed by atoms with Crippen molar-refractivity contribution < 1.29 is 0 Å². The summed E-state index contributed by atoms with van der Waals surface area (Å²) < 4.78 is 0. The molecule has 1 aliphatic rings. The van der Waals surface area contributed by atoms with Gasteiger partial charge in [-0.25, -0.2) is 0 Å². The lowest BCUT2D eigenvalue weighted by Crippen LogP contribution is -2.33. The lowest BCUT2D eigenvalue weighted by Gasteiger charge is -2.33. The van der Waals surface area contributed by atoms with E-state index >= 15 is 0 Å². The molecule has 2 rings (SSSR count). The number of rotatable bonds is 4. The summed E-state index contributed by atoms with van der Waals surface area (Å²) in [7, 11) is 3.90. The number of nitrogens with zero attached hydrogens (tertiary/aromatic N) is 2. The van der Waals surface area contributed by atoms with Gasteiger partial charge in [-0.3, -0.25) is 4.99 Å². The number of halogens is 1. The second-order valence-electron chi connectivity index (χ2n) is 5.53. The van der Waals surface area contributed by atoms with Gasteiger partial charge in [0.05, 0.1) is 0 Å². The van der Waals surface area contributed by atoms with Gasteiger partial charge in [-0.1, -0.05) is 31.4 Å². The Labute approximate surface area is 145 Å². The number of nitrogens with two attached hydrogens (primary N) is 1. The molecule has 0 amide bonds. The van der Waals surface area contributed by atoms with Crippen LogP contribution in [0.5, 0.6) is 0 Å². The molecule has 0 saturated heterocycles. The summed E-state index contributed by atoms with van der Waals surface area (Å²) in [5.74, 6) is 0.480. The minimum Gasteiger partial charge on any atom is -0.372 e. The van der Waals surface area contributed by atoms with E-state index in [4.69, 9.17) is 5.73 Å². The van der Waals surface area contributed by atoms with Crippen LogP contribution < -0.4 is 16.0 Å². The van der Waals surface area contributed by atoms with Crippen molar-refractivity contribution in [2.24, 2.45) is 10.7 Å². The van der Waals surface area contributed by atoms with Crippen molar-refractivity contribution in [2.75, 3.05) is 19.0 Å². The number of anilines is 1. The third-order valence-electron chi connectivity index (χ3n) is 4.18. The molecule has 0 radical (unpaired) electrons. The molecule has 0 bridgehead atoms. The van der Waals surface area contributed by atoms with Gasteiger partial charge in [-0.15, -0.1) is 24.0 Å². The largest absolute Gasteiger partial charge is 0.372 e.